The van der Waals surface area contributed by atoms with E-state index in [2.05, 4.69) is 10.0 Å². The SMILES string of the molecule is CCNS(=O)(=O)CCN1CCCC(NC)C1=O. The van der Waals surface area contributed by atoms with Crippen LogP contribution in [-0.4, -0.2) is 57.7 Å². The summed E-state index contributed by atoms with van der Waals surface area (Å²) in [5, 5.41) is 2.95. The van der Waals surface area contributed by atoms with Crippen molar-refractivity contribution in [3.8, 4) is 0 Å². The van der Waals surface area contributed by atoms with Crippen LogP contribution in [-0.2, 0) is 14.8 Å². The Morgan fingerprint density at radius 3 is 2.76 bits per heavy atom. The van der Waals surface area contributed by atoms with Gasteiger partial charge in [-0.15, -0.1) is 0 Å². The molecule has 7 heteroatoms. The third-order valence-corrected chi connectivity index (χ3v) is 4.32. The molecular weight excluding hydrogens is 242 g/mol. The minimum absolute atomic E-state index is 0.00504. The minimum Gasteiger partial charge on any atom is -0.340 e. The highest BCUT2D eigenvalue weighted by Crippen LogP contribution is 2.11. The molecule has 0 spiro atoms. The maximum atomic E-state index is 11.9. The number of carbonyl (C=O) groups excluding carboxylic acids is 1. The van der Waals surface area contributed by atoms with Gasteiger partial charge in [0, 0.05) is 19.6 Å². The molecule has 1 unspecified atom stereocenters. The van der Waals surface area contributed by atoms with Crippen molar-refractivity contribution < 1.29 is 13.2 Å². The van der Waals surface area contributed by atoms with E-state index in [1.54, 1.807) is 18.9 Å². The van der Waals surface area contributed by atoms with Crippen LogP contribution in [0.1, 0.15) is 19.8 Å². The molecule has 0 saturated carbocycles. The first-order valence-electron chi connectivity index (χ1n) is 5.93. The molecule has 100 valence electrons. The second-order valence-corrected chi connectivity index (χ2v) is 6.05. The first kappa shape index (κ1) is 14.4. The van der Waals surface area contributed by atoms with E-state index in [-0.39, 0.29) is 24.2 Å². The molecule has 6 nitrogen and oxygen atoms in total. The lowest BCUT2D eigenvalue weighted by Gasteiger charge is -2.31. The molecule has 1 heterocycles. The van der Waals surface area contributed by atoms with Crippen molar-refractivity contribution in [3.05, 3.63) is 0 Å². The second-order valence-electron chi connectivity index (χ2n) is 4.13. The molecule has 1 aliphatic rings. The summed E-state index contributed by atoms with van der Waals surface area (Å²) in [4.78, 5) is 13.5. The molecule has 1 aliphatic heterocycles. The van der Waals surface area contributed by atoms with Gasteiger partial charge in [0.15, 0.2) is 0 Å². The zero-order chi connectivity index (χ0) is 12.9. The van der Waals surface area contributed by atoms with Gasteiger partial charge >= 0.3 is 0 Å². The highest BCUT2D eigenvalue weighted by Gasteiger charge is 2.27. The first-order chi connectivity index (χ1) is 8.00. The number of nitrogens with zero attached hydrogens (tertiary/aromatic N) is 1. The molecule has 1 amide bonds. The van der Waals surface area contributed by atoms with Gasteiger partial charge < -0.3 is 10.2 Å². The average Bonchev–Trinajstić information content (AvgIpc) is 2.28. The van der Waals surface area contributed by atoms with Crippen molar-refractivity contribution >= 4 is 15.9 Å². The molecule has 0 aromatic rings. The Hall–Kier alpha value is -0.660. The standard InChI is InChI=1S/C10H21N3O3S/c1-3-12-17(15,16)8-7-13-6-4-5-9(11-2)10(13)14/h9,11-12H,3-8H2,1-2H3. The molecule has 0 aromatic carbocycles. The van der Waals surface area contributed by atoms with Gasteiger partial charge in [-0.05, 0) is 19.9 Å². The van der Waals surface area contributed by atoms with Crippen molar-refractivity contribution in [1.82, 2.24) is 14.9 Å². The third-order valence-electron chi connectivity index (χ3n) is 2.87. The van der Waals surface area contributed by atoms with Gasteiger partial charge in [0.05, 0.1) is 11.8 Å². The number of piperidine rings is 1. The van der Waals surface area contributed by atoms with Crippen LogP contribution in [0, 0.1) is 0 Å². The Kier molecular flexibility index (Phi) is 5.35. The highest BCUT2D eigenvalue weighted by atomic mass is 32.2. The largest absolute Gasteiger partial charge is 0.340 e. The summed E-state index contributed by atoms with van der Waals surface area (Å²) < 4.78 is 25.4. The van der Waals surface area contributed by atoms with E-state index in [9.17, 15) is 13.2 Å². The van der Waals surface area contributed by atoms with Crippen molar-refractivity contribution in [2.45, 2.75) is 25.8 Å². The van der Waals surface area contributed by atoms with Crippen LogP contribution in [0.3, 0.4) is 0 Å². The molecule has 1 saturated heterocycles. The van der Waals surface area contributed by atoms with Gasteiger partial charge in [-0.25, -0.2) is 13.1 Å². The predicted molar refractivity (Wildman–Crippen MR) is 66.1 cm³/mol. The van der Waals surface area contributed by atoms with Crippen molar-refractivity contribution in [1.29, 1.82) is 0 Å². The summed E-state index contributed by atoms with van der Waals surface area (Å²) in [6.07, 6.45) is 1.74. The van der Waals surface area contributed by atoms with Crippen LogP contribution in [0.4, 0.5) is 0 Å². The molecule has 1 fully saturated rings. The number of hydrogen-bond acceptors (Lipinski definition) is 4. The number of likely N-dealkylation sites (tertiary alicyclic amines) is 1. The van der Waals surface area contributed by atoms with Gasteiger partial charge in [-0.3, -0.25) is 4.79 Å². The fourth-order valence-corrected chi connectivity index (χ4v) is 3.00. The summed E-state index contributed by atoms with van der Waals surface area (Å²) in [5.74, 6) is -0.0197. The maximum absolute atomic E-state index is 11.9. The van der Waals surface area contributed by atoms with E-state index in [0.717, 1.165) is 12.8 Å². The second kappa shape index (κ2) is 6.32. The summed E-state index contributed by atoms with van der Waals surface area (Å²) in [7, 11) is -1.49. The topological polar surface area (TPSA) is 78.5 Å². The van der Waals surface area contributed by atoms with Crippen molar-refractivity contribution in [3.63, 3.8) is 0 Å². The minimum atomic E-state index is -3.24. The van der Waals surface area contributed by atoms with Crippen LogP contribution >= 0.6 is 0 Å². The van der Waals surface area contributed by atoms with Crippen LogP contribution in [0.2, 0.25) is 0 Å². The van der Waals surface area contributed by atoms with Gasteiger partial charge in [0.2, 0.25) is 15.9 Å². The molecule has 0 aromatic heterocycles. The van der Waals surface area contributed by atoms with Crippen LogP contribution in [0.15, 0.2) is 0 Å². The third kappa shape index (κ3) is 4.25. The van der Waals surface area contributed by atoms with E-state index in [4.69, 9.17) is 0 Å². The summed E-state index contributed by atoms with van der Waals surface area (Å²) >= 11 is 0. The van der Waals surface area contributed by atoms with Crippen LogP contribution < -0.4 is 10.0 Å². The van der Waals surface area contributed by atoms with Crippen molar-refractivity contribution in [2.24, 2.45) is 0 Å². The normalized spacial score (nSPS) is 21.9. The predicted octanol–water partition coefficient (Wildman–Crippen LogP) is -0.864. The summed E-state index contributed by atoms with van der Waals surface area (Å²) in [6.45, 7) is 3.04. The van der Waals surface area contributed by atoms with E-state index in [1.807, 2.05) is 0 Å². The maximum Gasteiger partial charge on any atom is 0.239 e. The van der Waals surface area contributed by atoms with Gasteiger partial charge in [-0.1, -0.05) is 6.92 Å². The fraction of sp³-hybridized carbons (Fsp3) is 0.900. The van der Waals surface area contributed by atoms with E-state index < -0.39 is 10.0 Å². The zero-order valence-electron chi connectivity index (χ0n) is 10.4. The smallest absolute Gasteiger partial charge is 0.239 e. The highest BCUT2D eigenvalue weighted by molar-refractivity contribution is 7.89. The Bertz CT molecular complexity index is 356. The van der Waals surface area contributed by atoms with Crippen molar-refractivity contribution in [2.75, 3.05) is 32.4 Å². The average molecular weight is 263 g/mol. The molecule has 2 N–H and O–H groups in total. The lowest BCUT2D eigenvalue weighted by molar-refractivity contribution is -0.135. The Morgan fingerprint density at radius 1 is 1.47 bits per heavy atom. The molecule has 0 bridgehead atoms. The lowest BCUT2D eigenvalue weighted by atomic mass is 10.1. The number of carbonyl (C=O) groups is 1. The first-order valence-corrected chi connectivity index (χ1v) is 7.58. The van der Waals surface area contributed by atoms with Gasteiger partial charge in [0.1, 0.15) is 0 Å². The Morgan fingerprint density at radius 2 is 2.18 bits per heavy atom. The van der Waals surface area contributed by atoms with E-state index in [0.29, 0.717) is 13.1 Å². The van der Waals surface area contributed by atoms with Gasteiger partial charge in [-0.2, -0.15) is 0 Å². The molecule has 0 radical (unpaired) electrons. The molecule has 0 aliphatic carbocycles. The Labute approximate surface area is 103 Å². The number of nitrogens with one attached hydrogen (secondary N) is 2. The fourth-order valence-electron chi connectivity index (χ4n) is 1.95. The summed E-state index contributed by atoms with van der Waals surface area (Å²) in [6, 6.07) is -0.161. The zero-order valence-corrected chi connectivity index (χ0v) is 11.2. The number of hydrogen-bond donors (Lipinski definition) is 2. The molecule has 1 rings (SSSR count). The van der Waals surface area contributed by atoms with Crippen LogP contribution in [0.5, 0.6) is 0 Å². The molecule has 1 atom stereocenters. The monoisotopic (exact) mass is 263 g/mol. The molecular formula is C10H21N3O3S. The number of likely N-dealkylation sites (N-methyl/N-ethyl adjacent to an activating group) is 1. The lowest BCUT2D eigenvalue weighted by Crippen LogP contribution is -2.51. The Balaban J connectivity index is 2.49. The van der Waals surface area contributed by atoms with Gasteiger partial charge in [0.25, 0.3) is 0 Å². The molecule has 17 heavy (non-hydrogen) atoms. The summed E-state index contributed by atoms with van der Waals surface area (Å²) in [5.41, 5.74) is 0. The number of amides is 1. The van der Waals surface area contributed by atoms with E-state index in [1.165, 1.54) is 0 Å². The quantitative estimate of drug-likeness (QED) is 0.653. The number of sulfonamides is 1. The van der Waals surface area contributed by atoms with Crippen LogP contribution in [0.25, 0.3) is 0 Å². The van der Waals surface area contributed by atoms with E-state index >= 15 is 0 Å². The number of rotatable bonds is 6.